The van der Waals surface area contributed by atoms with Crippen LogP contribution < -0.4 is 27.0 Å². The monoisotopic (exact) mass is 544 g/mol. The van der Waals surface area contributed by atoms with Crippen molar-refractivity contribution in [3.8, 4) is 0 Å². The number of unbranched alkanes of at least 4 members (excludes halogenated alkanes) is 2. The van der Waals surface area contributed by atoms with Gasteiger partial charge in [-0.2, -0.15) is 0 Å². The van der Waals surface area contributed by atoms with Crippen LogP contribution in [0.4, 0.5) is 4.79 Å². The van der Waals surface area contributed by atoms with Gasteiger partial charge in [0.1, 0.15) is 12.1 Å². The van der Waals surface area contributed by atoms with Crippen LogP contribution in [0.1, 0.15) is 65.2 Å². The molecule has 0 radical (unpaired) electrons. The van der Waals surface area contributed by atoms with Gasteiger partial charge < -0.3 is 27.0 Å². The van der Waals surface area contributed by atoms with Gasteiger partial charge in [0.2, 0.25) is 17.7 Å². The highest BCUT2D eigenvalue weighted by Gasteiger charge is 2.29. The molecular weight excluding hydrogens is 504 g/mol. The van der Waals surface area contributed by atoms with Crippen LogP contribution in [-0.2, 0) is 24.0 Å². The number of rotatable bonds is 16. The van der Waals surface area contributed by atoms with Crippen molar-refractivity contribution in [3.63, 3.8) is 0 Å². The first-order chi connectivity index (χ1) is 18.6. The van der Waals surface area contributed by atoms with Gasteiger partial charge in [-0.15, -0.1) is 0 Å². The summed E-state index contributed by atoms with van der Waals surface area (Å²) in [6.45, 7) is 4.14. The number of nitrogens with zero attached hydrogens (tertiary/aromatic N) is 1. The van der Waals surface area contributed by atoms with Gasteiger partial charge in [0, 0.05) is 37.4 Å². The molecule has 0 unspecified atom stereocenters. The van der Waals surface area contributed by atoms with Crippen molar-refractivity contribution in [1.82, 2.24) is 26.2 Å². The van der Waals surface area contributed by atoms with Gasteiger partial charge in [-0.05, 0) is 50.5 Å². The fourth-order valence-electron chi connectivity index (χ4n) is 4.15. The number of carbonyl (C=O) groups is 6. The highest BCUT2D eigenvalue weighted by atomic mass is 16.2. The summed E-state index contributed by atoms with van der Waals surface area (Å²) in [5, 5.41) is 10.8. The number of hydrogen-bond acceptors (Lipinski definition) is 6. The Kier molecular flexibility index (Phi) is 12.9. The van der Waals surface area contributed by atoms with Crippen molar-refractivity contribution in [3.05, 3.63) is 36.1 Å². The summed E-state index contributed by atoms with van der Waals surface area (Å²) in [5.74, 6) is -2.06. The fourth-order valence-corrected chi connectivity index (χ4v) is 4.15. The van der Waals surface area contributed by atoms with Crippen molar-refractivity contribution in [2.75, 3.05) is 13.1 Å². The average Bonchev–Trinajstić information content (AvgIpc) is 3.21. The van der Waals surface area contributed by atoms with E-state index in [2.05, 4.69) is 21.3 Å². The van der Waals surface area contributed by atoms with E-state index in [1.165, 1.54) is 12.2 Å². The molecule has 1 heterocycles. The van der Waals surface area contributed by atoms with Crippen molar-refractivity contribution < 1.29 is 28.8 Å². The van der Waals surface area contributed by atoms with Gasteiger partial charge in [0.25, 0.3) is 11.8 Å². The number of imide groups is 1. The Labute approximate surface area is 228 Å². The van der Waals surface area contributed by atoms with Crippen molar-refractivity contribution in [2.24, 2.45) is 11.7 Å². The molecule has 0 fully saturated rings. The van der Waals surface area contributed by atoms with Crippen LogP contribution in [0.2, 0.25) is 0 Å². The van der Waals surface area contributed by atoms with Crippen LogP contribution in [0, 0.1) is 5.92 Å². The zero-order chi connectivity index (χ0) is 28.8. The van der Waals surface area contributed by atoms with Gasteiger partial charge in [0.15, 0.2) is 0 Å². The summed E-state index contributed by atoms with van der Waals surface area (Å²) in [4.78, 5) is 74.0. The summed E-state index contributed by atoms with van der Waals surface area (Å²) < 4.78 is 0. The van der Waals surface area contributed by atoms with Crippen LogP contribution in [0.3, 0.4) is 0 Å². The smallest absolute Gasteiger partial charge is 0.312 e. The summed E-state index contributed by atoms with van der Waals surface area (Å²) in [7, 11) is 0. The molecule has 7 amide bonds. The first kappa shape index (κ1) is 31.3. The number of nitrogens with one attached hydrogen (secondary N) is 4. The topological polar surface area (TPSA) is 180 Å². The number of allylic oxidation sites excluding steroid dienone is 3. The molecule has 39 heavy (non-hydrogen) atoms. The number of urea groups is 1. The molecule has 12 heteroatoms. The maximum Gasteiger partial charge on any atom is 0.312 e. The number of carbonyl (C=O) groups excluding carboxylic acids is 6. The number of primary amides is 1. The second-order valence-electron chi connectivity index (χ2n) is 9.88. The molecule has 2 rings (SSSR count). The van der Waals surface area contributed by atoms with Gasteiger partial charge in [0.05, 0.1) is 0 Å². The van der Waals surface area contributed by atoms with Crippen LogP contribution in [0.25, 0.3) is 0 Å². The van der Waals surface area contributed by atoms with Crippen LogP contribution in [0.5, 0.6) is 0 Å². The predicted octanol–water partition coefficient (Wildman–Crippen LogP) is 0.896. The van der Waals surface area contributed by atoms with E-state index < -0.39 is 24.0 Å². The van der Waals surface area contributed by atoms with E-state index in [0.29, 0.717) is 37.9 Å². The molecule has 1 aliphatic heterocycles. The van der Waals surface area contributed by atoms with Gasteiger partial charge >= 0.3 is 6.03 Å². The Hall–Kier alpha value is -3.96. The molecule has 1 aliphatic carbocycles. The van der Waals surface area contributed by atoms with E-state index >= 15 is 0 Å². The van der Waals surface area contributed by atoms with Crippen LogP contribution >= 0.6 is 0 Å². The van der Waals surface area contributed by atoms with E-state index in [4.69, 9.17) is 5.73 Å². The van der Waals surface area contributed by atoms with Crippen LogP contribution in [0.15, 0.2) is 36.1 Å². The number of nitrogens with two attached hydrogens (primary N) is 1. The Morgan fingerprint density at radius 2 is 1.64 bits per heavy atom. The molecule has 0 aromatic carbocycles. The Bertz CT molecular complexity index is 1000. The zero-order valence-corrected chi connectivity index (χ0v) is 22.7. The van der Waals surface area contributed by atoms with Crippen molar-refractivity contribution in [2.45, 2.75) is 77.3 Å². The highest BCUT2D eigenvalue weighted by molar-refractivity contribution is 6.12. The number of hydrogen-bond donors (Lipinski definition) is 5. The molecule has 2 aliphatic rings. The highest BCUT2D eigenvalue weighted by Crippen LogP contribution is 2.11. The molecule has 0 aromatic rings. The average molecular weight is 545 g/mol. The van der Waals surface area contributed by atoms with Crippen molar-refractivity contribution in [1.29, 1.82) is 0 Å². The first-order valence-corrected chi connectivity index (χ1v) is 13.4. The minimum absolute atomic E-state index is 0.180. The largest absolute Gasteiger partial charge is 0.352 e. The summed E-state index contributed by atoms with van der Waals surface area (Å²) in [5.41, 5.74) is 5.75. The lowest BCUT2D eigenvalue weighted by Crippen LogP contribution is -2.55. The molecule has 0 saturated carbocycles. The lowest BCUT2D eigenvalue weighted by Gasteiger charge is -2.25. The second kappa shape index (κ2) is 16.1. The minimum atomic E-state index is -0.882. The molecular formula is C27H40N6O6. The molecule has 0 spiro atoms. The molecule has 0 bridgehead atoms. The third-order valence-corrected chi connectivity index (χ3v) is 6.32. The van der Waals surface area contributed by atoms with E-state index in [9.17, 15) is 28.8 Å². The first-order valence-electron chi connectivity index (χ1n) is 13.4. The Morgan fingerprint density at radius 3 is 2.26 bits per heavy atom. The summed E-state index contributed by atoms with van der Waals surface area (Å²) in [6, 6.07) is -2.40. The predicted molar refractivity (Wildman–Crippen MR) is 144 cm³/mol. The second-order valence-corrected chi connectivity index (χ2v) is 9.88. The summed E-state index contributed by atoms with van der Waals surface area (Å²) >= 11 is 0. The maximum atomic E-state index is 13.2. The lowest BCUT2D eigenvalue weighted by atomic mass is 10.0. The maximum absolute atomic E-state index is 13.2. The molecule has 0 aromatic heterocycles. The van der Waals surface area contributed by atoms with Crippen LogP contribution in [-0.4, -0.2) is 65.6 Å². The van der Waals surface area contributed by atoms with E-state index in [1.54, 1.807) is 13.8 Å². The Morgan fingerprint density at radius 1 is 0.923 bits per heavy atom. The molecule has 12 nitrogen and oxygen atoms in total. The van der Waals surface area contributed by atoms with Crippen molar-refractivity contribution >= 4 is 35.6 Å². The Balaban J connectivity index is 1.87. The third kappa shape index (κ3) is 11.1. The molecule has 0 saturated heterocycles. The van der Waals surface area contributed by atoms with E-state index in [0.717, 1.165) is 17.7 Å². The van der Waals surface area contributed by atoms with E-state index in [-0.39, 0.29) is 48.9 Å². The standard InChI is InChI=1S/C27H40N6O6/c1-18(2)24(32-21(34)13-7-4-8-17-33-22(35)14-15-23(33)36)26(38)31-20(12-9-16-29-27(28)39)25(37)30-19-10-5-3-6-11-19/h5,10-11,14-15,18,20,24H,3-4,6-9,12-13,16-17H2,1-2H3,(H,30,37)(H,31,38)(H,32,34)(H3,28,29,39)/t20-,24-/m0/s1. The quantitative estimate of drug-likeness (QED) is 0.142. The van der Waals surface area contributed by atoms with Gasteiger partial charge in [-0.25, -0.2) is 4.79 Å². The summed E-state index contributed by atoms with van der Waals surface area (Å²) in [6.07, 6.45) is 12.4. The lowest BCUT2D eigenvalue weighted by molar-refractivity contribution is -0.137. The number of amides is 7. The minimum Gasteiger partial charge on any atom is -0.352 e. The molecule has 2 atom stereocenters. The molecule has 6 N–H and O–H groups in total. The van der Waals surface area contributed by atoms with Gasteiger partial charge in [-0.1, -0.05) is 32.4 Å². The molecule has 214 valence electrons. The van der Waals surface area contributed by atoms with E-state index in [1.807, 2.05) is 18.2 Å². The van der Waals surface area contributed by atoms with Gasteiger partial charge in [-0.3, -0.25) is 28.9 Å². The third-order valence-electron chi connectivity index (χ3n) is 6.32. The SMILES string of the molecule is CC(C)[C@H](NC(=O)CCCCCN1C(=O)C=CC1=O)C(=O)N[C@@H](CCCNC(N)=O)C(=O)NC1=CCCC=C1. The zero-order valence-electron chi connectivity index (χ0n) is 22.7. The fraction of sp³-hybridized carbons (Fsp3) is 0.556. The normalized spacial score (nSPS) is 16.1.